The molecule has 7 aromatic rings. The van der Waals surface area contributed by atoms with E-state index in [-0.39, 0.29) is 11.4 Å². The Morgan fingerprint density at radius 2 is 0.933 bits per heavy atom. The number of halogens is 5. The van der Waals surface area contributed by atoms with Gasteiger partial charge in [0, 0.05) is 21.5 Å². The van der Waals surface area contributed by atoms with Crippen molar-refractivity contribution in [3.05, 3.63) is 118 Å². The number of hydrogen-bond donors (Lipinski definition) is 0. The van der Waals surface area contributed by atoms with Gasteiger partial charge in [0.1, 0.15) is 11.6 Å². The Bertz CT molecular complexity index is 2590. The molecule has 0 bridgehead atoms. The van der Waals surface area contributed by atoms with E-state index in [4.69, 9.17) is 0 Å². The quantitative estimate of drug-likeness (QED) is 0.147. The SMILES string of the molecule is Cc1cc(-c2ccc3c(c2)c(=NC#N)c2cc4c(=NC#N)c5cc(-c6ccc(F)c(C(F)(F)F)c6)ccc5c4cc23)ccc1F. The van der Waals surface area contributed by atoms with Crippen LogP contribution < -0.4 is 10.7 Å². The van der Waals surface area contributed by atoms with Crippen molar-refractivity contribution in [3.8, 4) is 34.6 Å². The van der Waals surface area contributed by atoms with E-state index in [1.165, 1.54) is 12.1 Å². The van der Waals surface area contributed by atoms with Crippen LogP contribution in [0.3, 0.4) is 0 Å². The van der Waals surface area contributed by atoms with Gasteiger partial charge in [0.15, 0.2) is 0 Å². The van der Waals surface area contributed by atoms with E-state index in [1.54, 1.807) is 37.3 Å². The van der Waals surface area contributed by atoms with E-state index < -0.39 is 17.6 Å². The van der Waals surface area contributed by atoms with Crippen molar-refractivity contribution >= 4 is 43.1 Å². The van der Waals surface area contributed by atoms with Crippen molar-refractivity contribution in [1.29, 1.82) is 10.5 Å². The minimum atomic E-state index is -4.86. The second kappa shape index (κ2) is 10.1. The fourth-order valence-corrected chi connectivity index (χ4v) is 6.12. The van der Waals surface area contributed by atoms with E-state index in [2.05, 4.69) is 9.98 Å². The number of hydrogen-bond acceptors (Lipinski definition) is 4. The lowest BCUT2D eigenvalue weighted by molar-refractivity contribution is -0.139. The van der Waals surface area contributed by atoms with Crippen LogP contribution >= 0.6 is 0 Å². The van der Waals surface area contributed by atoms with Gasteiger partial charge in [0.05, 0.1) is 16.3 Å². The maximum Gasteiger partial charge on any atom is 0.419 e. The van der Waals surface area contributed by atoms with E-state index >= 15 is 0 Å². The Morgan fingerprint density at radius 1 is 0.511 bits per heavy atom. The first kappa shape index (κ1) is 27.9. The summed E-state index contributed by atoms with van der Waals surface area (Å²) in [6.07, 6.45) is -1.16. The highest BCUT2D eigenvalue weighted by Crippen LogP contribution is 2.37. The van der Waals surface area contributed by atoms with E-state index in [0.29, 0.717) is 43.4 Å². The lowest BCUT2D eigenvalue weighted by Crippen LogP contribution is -2.08. The summed E-state index contributed by atoms with van der Waals surface area (Å²) in [5.41, 5.74) is 1.32. The number of nitrogens with zero attached hydrogens (tertiary/aromatic N) is 4. The molecule has 7 rings (SSSR count). The second-order valence-electron chi connectivity index (χ2n) is 10.7. The van der Waals surface area contributed by atoms with Gasteiger partial charge in [-0.1, -0.05) is 36.4 Å². The largest absolute Gasteiger partial charge is 0.419 e. The van der Waals surface area contributed by atoms with Gasteiger partial charge in [0.2, 0.25) is 12.4 Å². The second-order valence-corrected chi connectivity index (χ2v) is 10.7. The molecule has 0 heterocycles. The summed E-state index contributed by atoms with van der Waals surface area (Å²) >= 11 is 0. The molecule has 0 unspecified atom stereocenters. The number of aryl methyl sites for hydroxylation is 1. The van der Waals surface area contributed by atoms with Gasteiger partial charge in [-0.15, -0.1) is 0 Å². The molecule has 0 fully saturated rings. The number of fused-ring (bicyclic) bond motifs is 6. The van der Waals surface area contributed by atoms with E-state index in [1.807, 2.05) is 42.7 Å². The monoisotopic (exact) mass is 600 g/mol. The molecule has 9 heteroatoms. The molecule has 0 spiro atoms. The highest BCUT2D eigenvalue weighted by molar-refractivity contribution is 6.21. The molecule has 0 saturated carbocycles. The van der Waals surface area contributed by atoms with Crippen LogP contribution in [0.5, 0.6) is 0 Å². The average molecular weight is 601 g/mol. The first-order valence-corrected chi connectivity index (χ1v) is 13.6. The van der Waals surface area contributed by atoms with Crippen molar-refractivity contribution in [2.45, 2.75) is 13.1 Å². The summed E-state index contributed by atoms with van der Waals surface area (Å²) in [5, 5.41) is 25.5. The summed E-state index contributed by atoms with van der Waals surface area (Å²) in [7, 11) is 0. The highest BCUT2D eigenvalue weighted by Gasteiger charge is 2.34. The molecule has 0 N–H and O–H groups in total. The molecule has 0 saturated heterocycles. The Balaban J connectivity index is 1.50. The van der Waals surface area contributed by atoms with Crippen LogP contribution in [0.4, 0.5) is 22.0 Å². The summed E-state index contributed by atoms with van der Waals surface area (Å²) in [4.78, 5) is 8.22. The molecule has 0 amide bonds. The van der Waals surface area contributed by atoms with Crippen LogP contribution in [0.2, 0.25) is 0 Å². The van der Waals surface area contributed by atoms with Gasteiger partial charge in [-0.05, 0) is 105 Å². The minimum Gasteiger partial charge on any atom is -0.207 e. The number of alkyl halides is 3. The molecular formula is C36H17F5N4. The number of nitriles is 2. The Labute approximate surface area is 251 Å². The maximum atomic E-state index is 14.0. The third-order valence-electron chi connectivity index (χ3n) is 8.22. The first-order valence-electron chi connectivity index (χ1n) is 13.6. The van der Waals surface area contributed by atoms with Crippen molar-refractivity contribution in [2.24, 2.45) is 9.98 Å². The van der Waals surface area contributed by atoms with Gasteiger partial charge in [0.25, 0.3) is 0 Å². The predicted molar refractivity (Wildman–Crippen MR) is 162 cm³/mol. The van der Waals surface area contributed by atoms with Gasteiger partial charge in [-0.2, -0.15) is 33.7 Å². The third-order valence-corrected chi connectivity index (χ3v) is 8.22. The predicted octanol–water partition coefficient (Wildman–Crippen LogP) is 8.88. The molecule has 45 heavy (non-hydrogen) atoms. The Kier molecular flexibility index (Phi) is 6.24. The van der Waals surface area contributed by atoms with Gasteiger partial charge < -0.3 is 0 Å². The fourth-order valence-electron chi connectivity index (χ4n) is 6.12. The zero-order valence-corrected chi connectivity index (χ0v) is 23.3. The zero-order valence-electron chi connectivity index (χ0n) is 23.3. The summed E-state index contributed by atoms with van der Waals surface area (Å²) < 4.78 is 68.1. The molecule has 0 aromatic heterocycles. The van der Waals surface area contributed by atoms with Crippen molar-refractivity contribution < 1.29 is 22.0 Å². The summed E-state index contributed by atoms with van der Waals surface area (Å²) in [6, 6.07) is 22.2. The first-order chi connectivity index (χ1) is 21.6. The number of rotatable bonds is 2. The molecule has 0 aliphatic carbocycles. The smallest absolute Gasteiger partial charge is 0.207 e. The molecule has 0 aliphatic heterocycles. The molecule has 4 nitrogen and oxygen atoms in total. The van der Waals surface area contributed by atoms with Crippen LogP contribution in [0, 0.1) is 41.5 Å². The number of benzene rings is 5. The molecular weight excluding hydrogens is 583 g/mol. The van der Waals surface area contributed by atoms with Crippen LogP contribution in [0.15, 0.2) is 94.9 Å². The van der Waals surface area contributed by atoms with Crippen LogP contribution in [-0.4, -0.2) is 0 Å². The molecule has 7 aromatic carbocycles. The van der Waals surface area contributed by atoms with Crippen molar-refractivity contribution in [1.82, 2.24) is 0 Å². The topological polar surface area (TPSA) is 72.3 Å². The fraction of sp³-hybridized carbons (Fsp3) is 0.0556. The molecule has 216 valence electrons. The van der Waals surface area contributed by atoms with Crippen LogP contribution in [-0.2, 0) is 6.18 Å². The van der Waals surface area contributed by atoms with Gasteiger partial charge >= 0.3 is 6.18 Å². The van der Waals surface area contributed by atoms with Crippen LogP contribution in [0.25, 0.3) is 65.3 Å². The summed E-state index contributed by atoms with van der Waals surface area (Å²) in [6.45, 7) is 1.69. The van der Waals surface area contributed by atoms with Gasteiger partial charge in [-0.3, -0.25) is 0 Å². The van der Waals surface area contributed by atoms with Gasteiger partial charge in [-0.25, -0.2) is 8.78 Å². The third kappa shape index (κ3) is 4.40. The molecule has 0 atom stereocenters. The lowest BCUT2D eigenvalue weighted by atomic mass is 10.00. The highest BCUT2D eigenvalue weighted by atomic mass is 19.4. The lowest BCUT2D eigenvalue weighted by Gasteiger charge is -2.10. The van der Waals surface area contributed by atoms with E-state index in [9.17, 15) is 32.5 Å². The average Bonchev–Trinajstić information content (AvgIpc) is 3.48. The standard InChI is InChI=1S/C36H17F5N4/c1-18-10-19(4-8-32(18)37)20-2-6-23-25-14-26-24-7-3-21(22-5-9-33(38)31(13-22)36(39,40)41)12-28(24)35(45-17-43)30(26)15-29(25)34(44-16-42)27(23)11-20/h2-15H,1H3. The maximum absolute atomic E-state index is 14.0. The van der Waals surface area contributed by atoms with Crippen molar-refractivity contribution in [2.75, 3.05) is 0 Å². The summed E-state index contributed by atoms with van der Waals surface area (Å²) in [5.74, 6) is -1.67. The van der Waals surface area contributed by atoms with Crippen molar-refractivity contribution in [3.63, 3.8) is 0 Å². The Morgan fingerprint density at radius 3 is 1.42 bits per heavy atom. The minimum absolute atomic E-state index is 0.158. The molecule has 0 aliphatic rings. The van der Waals surface area contributed by atoms with E-state index in [0.717, 1.165) is 44.8 Å². The molecule has 0 radical (unpaired) electrons. The Hall–Kier alpha value is -5.93. The van der Waals surface area contributed by atoms with Crippen LogP contribution in [0.1, 0.15) is 11.1 Å². The zero-order chi connectivity index (χ0) is 31.6. The normalized spacial score (nSPS) is 12.9.